The number of H-pyrrole nitrogens is 1. The molecule has 6 rings (SSSR count). The molecule has 2 fully saturated rings. The number of carbonyl (C=O) groups excluding carboxylic acids is 2. The maximum absolute atomic E-state index is 13.9. The van der Waals surface area contributed by atoms with Crippen LogP contribution in [-0.2, 0) is 9.53 Å². The lowest BCUT2D eigenvalue weighted by Gasteiger charge is -2.50. The van der Waals surface area contributed by atoms with Crippen LogP contribution < -0.4 is 5.32 Å². The molecule has 2 atom stereocenters. The summed E-state index contributed by atoms with van der Waals surface area (Å²) < 4.78 is 5.91. The predicted molar refractivity (Wildman–Crippen MR) is 125 cm³/mol. The Balaban J connectivity index is 1.41. The quantitative estimate of drug-likeness (QED) is 0.630. The minimum absolute atomic E-state index is 0.0239. The molecular weight excluding hydrogens is 416 g/mol. The van der Waals surface area contributed by atoms with Gasteiger partial charge in [0.2, 0.25) is 11.9 Å². The number of hydrogen-bond acceptors (Lipinski definition) is 4. The largest absolute Gasteiger partial charge is 0.376 e. The molecule has 170 valence electrons. The highest BCUT2D eigenvalue weighted by Gasteiger charge is 2.56. The number of ether oxygens (including phenoxy) is 1. The minimum Gasteiger partial charge on any atom is -0.376 e. The van der Waals surface area contributed by atoms with Crippen LogP contribution in [0, 0.1) is 0 Å². The maximum atomic E-state index is 13.9. The van der Waals surface area contributed by atoms with E-state index in [1.54, 1.807) is 0 Å². The van der Waals surface area contributed by atoms with E-state index in [0.29, 0.717) is 18.1 Å². The van der Waals surface area contributed by atoms with Gasteiger partial charge in [-0.05, 0) is 49.4 Å². The number of aromatic amines is 1. The van der Waals surface area contributed by atoms with Gasteiger partial charge in [0.25, 0.3) is 5.91 Å². The molecule has 1 spiro atoms. The summed E-state index contributed by atoms with van der Waals surface area (Å²) in [4.78, 5) is 37.4. The van der Waals surface area contributed by atoms with Crippen molar-refractivity contribution >= 4 is 28.8 Å². The van der Waals surface area contributed by atoms with Crippen molar-refractivity contribution in [1.82, 2.24) is 14.9 Å². The van der Waals surface area contributed by atoms with Crippen molar-refractivity contribution in [2.75, 3.05) is 18.5 Å². The first-order chi connectivity index (χ1) is 16.2. The highest BCUT2D eigenvalue weighted by atomic mass is 16.5. The molecule has 7 nitrogen and oxygen atoms in total. The van der Waals surface area contributed by atoms with Gasteiger partial charge in [-0.25, -0.2) is 4.98 Å². The highest BCUT2D eigenvalue weighted by molar-refractivity contribution is 6.05. The zero-order valence-electron chi connectivity index (χ0n) is 18.5. The minimum atomic E-state index is -0.534. The standard InChI is InChI=1S/C26H28N4O3/c31-23(29-25-27-20-11-3-4-12-21(20)28-25)22-18-9-1-2-10-19(18)24(32)30(16-17-8-7-15-33-17)26(22)13-5-6-14-26/h1-4,9-12,17,22H,5-8,13-16H2,(H2,27,28,29,31)/t17-,22+/m0/s1. The highest BCUT2D eigenvalue weighted by Crippen LogP contribution is 2.51. The van der Waals surface area contributed by atoms with Crippen molar-refractivity contribution in [2.45, 2.75) is 56.1 Å². The number of benzene rings is 2. The van der Waals surface area contributed by atoms with Gasteiger partial charge in [0.15, 0.2) is 0 Å². The van der Waals surface area contributed by atoms with E-state index < -0.39 is 11.5 Å². The lowest BCUT2D eigenvalue weighted by molar-refractivity contribution is -0.121. The van der Waals surface area contributed by atoms with Gasteiger partial charge in [0, 0.05) is 18.7 Å². The number of fused-ring (bicyclic) bond motifs is 2. The van der Waals surface area contributed by atoms with E-state index >= 15 is 0 Å². The van der Waals surface area contributed by atoms with Gasteiger partial charge in [-0.15, -0.1) is 0 Å². The number of carbonyl (C=O) groups is 2. The van der Waals surface area contributed by atoms with E-state index in [-0.39, 0.29) is 17.9 Å². The Morgan fingerprint density at radius 2 is 1.91 bits per heavy atom. The average molecular weight is 445 g/mol. The zero-order valence-corrected chi connectivity index (χ0v) is 18.5. The Bertz CT molecular complexity index is 1170. The summed E-state index contributed by atoms with van der Waals surface area (Å²) >= 11 is 0. The Morgan fingerprint density at radius 3 is 2.70 bits per heavy atom. The van der Waals surface area contributed by atoms with Crippen LogP contribution in [0.4, 0.5) is 5.95 Å². The third kappa shape index (κ3) is 3.33. The van der Waals surface area contributed by atoms with Crippen LogP contribution in [0.3, 0.4) is 0 Å². The number of nitrogens with zero attached hydrogens (tertiary/aromatic N) is 2. The number of para-hydroxylation sites is 2. The molecule has 1 aromatic heterocycles. The lowest BCUT2D eigenvalue weighted by atomic mass is 9.71. The van der Waals surface area contributed by atoms with Crippen LogP contribution >= 0.6 is 0 Å². The predicted octanol–water partition coefficient (Wildman–Crippen LogP) is 4.23. The van der Waals surface area contributed by atoms with Crippen LogP contribution in [0.2, 0.25) is 0 Å². The van der Waals surface area contributed by atoms with Crippen molar-refractivity contribution in [1.29, 1.82) is 0 Å². The molecule has 3 aliphatic rings. The fraction of sp³-hybridized carbons (Fsp3) is 0.423. The van der Waals surface area contributed by atoms with Gasteiger partial charge in [-0.3, -0.25) is 14.9 Å². The summed E-state index contributed by atoms with van der Waals surface area (Å²) in [5.74, 6) is -0.109. The van der Waals surface area contributed by atoms with Gasteiger partial charge in [-0.2, -0.15) is 0 Å². The van der Waals surface area contributed by atoms with Crippen molar-refractivity contribution in [2.24, 2.45) is 0 Å². The summed E-state index contributed by atoms with van der Waals surface area (Å²) in [5, 5.41) is 3.05. The Kier molecular flexibility index (Phi) is 4.94. The molecule has 3 aromatic rings. The van der Waals surface area contributed by atoms with E-state index in [4.69, 9.17) is 4.74 Å². The topological polar surface area (TPSA) is 87.3 Å². The smallest absolute Gasteiger partial charge is 0.254 e. The molecule has 3 heterocycles. The molecule has 0 bridgehead atoms. The molecule has 1 aliphatic carbocycles. The monoisotopic (exact) mass is 444 g/mol. The number of amides is 2. The van der Waals surface area contributed by atoms with E-state index in [1.165, 1.54) is 0 Å². The summed E-state index contributed by atoms with van der Waals surface area (Å²) in [6.07, 6.45) is 5.66. The van der Waals surface area contributed by atoms with Gasteiger partial charge < -0.3 is 14.6 Å². The van der Waals surface area contributed by atoms with Crippen LogP contribution in [-0.4, -0.2) is 51.5 Å². The first-order valence-corrected chi connectivity index (χ1v) is 11.9. The fourth-order valence-corrected chi connectivity index (χ4v) is 6.13. The molecule has 7 heteroatoms. The Hall–Kier alpha value is -3.19. The van der Waals surface area contributed by atoms with E-state index in [1.807, 2.05) is 53.4 Å². The molecule has 2 N–H and O–H groups in total. The number of aromatic nitrogens is 2. The molecule has 2 aromatic carbocycles. The number of nitrogens with one attached hydrogen (secondary N) is 2. The molecule has 1 saturated carbocycles. The molecule has 0 unspecified atom stereocenters. The summed E-state index contributed by atoms with van der Waals surface area (Å²) in [6, 6.07) is 15.3. The van der Waals surface area contributed by atoms with E-state index in [0.717, 1.165) is 61.7 Å². The Morgan fingerprint density at radius 1 is 1.12 bits per heavy atom. The number of imidazole rings is 1. The molecule has 2 amide bonds. The van der Waals surface area contributed by atoms with Gasteiger partial charge in [0.1, 0.15) is 0 Å². The van der Waals surface area contributed by atoms with E-state index in [9.17, 15) is 9.59 Å². The molecule has 0 radical (unpaired) electrons. The second kappa shape index (κ2) is 7.99. The van der Waals surface area contributed by atoms with Crippen molar-refractivity contribution in [3.05, 3.63) is 59.7 Å². The van der Waals surface area contributed by atoms with Crippen LogP contribution in [0.5, 0.6) is 0 Å². The van der Waals surface area contributed by atoms with E-state index in [2.05, 4.69) is 15.3 Å². The molecule has 2 aliphatic heterocycles. The third-order valence-corrected chi connectivity index (χ3v) is 7.60. The SMILES string of the molecule is O=C(Nc1nc2ccccc2[nH]1)[C@H]1c2ccccc2C(=O)N(C[C@@H]2CCCO2)C12CCCC2. The van der Waals surface area contributed by atoms with Gasteiger partial charge in [-0.1, -0.05) is 43.2 Å². The fourth-order valence-electron chi connectivity index (χ4n) is 6.13. The number of anilines is 1. The average Bonchev–Trinajstić information content (AvgIpc) is 3.58. The zero-order chi connectivity index (χ0) is 22.4. The summed E-state index contributed by atoms with van der Waals surface area (Å²) in [5.41, 5.74) is 2.60. The normalized spacial score (nSPS) is 23.9. The van der Waals surface area contributed by atoms with Crippen LogP contribution in [0.25, 0.3) is 11.0 Å². The first kappa shape index (κ1) is 20.4. The third-order valence-electron chi connectivity index (χ3n) is 7.60. The lowest BCUT2D eigenvalue weighted by Crippen LogP contribution is -2.61. The first-order valence-electron chi connectivity index (χ1n) is 11.9. The van der Waals surface area contributed by atoms with Crippen LogP contribution in [0.1, 0.15) is 60.4 Å². The number of rotatable bonds is 4. The maximum Gasteiger partial charge on any atom is 0.254 e. The number of hydrogen-bond donors (Lipinski definition) is 2. The second-order valence-corrected chi connectivity index (χ2v) is 9.47. The van der Waals surface area contributed by atoms with Gasteiger partial charge in [0.05, 0.1) is 28.6 Å². The Labute approximate surface area is 192 Å². The molecular formula is C26H28N4O3. The summed E-state index contributed by atoms with van der Waals surface area (Å²) in [7, 11) is 0. The van der Waals surface area contributed by atoms with Crippen molar-refractivity contribution < 1.29 is 14.3 Å². The van der Waals surface area contributed by atoms with Crippen molar-refractivity contribution in [3.63, 3.8) is 0 Å². The molecule has 33 heavy (non-hydrogen) atoms. The van der Waals surface area contributed by atoms with Gasteiger partial charge >= 0.3 is 0 Å². The summed E-state index contributed by atoms with van der Waals surface area (Å²) in [6.45, 7) is 1.29. The van der Waals surface area contributed by atoms with Crippen molar-refractivity contribution in [3.8, 4) is 0 Å². The molecule has 1 saturated heterocycles. The second-order valence-electron chi connectivity index (χ2n) is 9.47. The van der Waals surface area contributed by atoms with Crippen LogP contribution in [0.15, 0.2) is 48.5 Å².